The number of anilines is 1. The van der Waals surface area contributed by atoms with Gasteiger partial charge in [0.15, 0.2) is 10.9 Å². The molecule has 0 radical (unpaired) electrons. The molecule has 172 valence electrons. The molecule has 1 aliphatic heterocycles. The van der Waals surface area contributed by atoms with E-state index in [0.717, 1.165) is 12.8 Å². The van der Waals surface area contributed by atoms with Crippen molar-refractivity contribution in [3.8, 4) is 0 Å². The Balaban J connectivity index is 1.13. The number of likely N-dealkylation sites (tertiary alicyclic amines) is 1. The maximum Gasteiger partial charge on any atom is 0.258 e. The van der Waals surface area contributed by atoms with E-state index in [2.05, 4.69) is 46.7 Å². The Morgan fingerprint density at radius 1 is 1.12 bits per heavy atom. The molecule has 2 aliphatic carbocycles. The van der Waals surface area contributed by atoms with Crippen LogP contribution in [0.1, 0.15) is 56.1 Å². The molecule has 8 heteroatoms. The van der Waals surface area contributed by atoms with Gasteiger partial charge in [0.1, 0.15) is 0 Å². The van der Waals surface area contributed by atoms with Crippen molar-refractivity contribution in [1.82, 2.24) is 9.88 Å². The van der Waals surface area contributed by atoms with Crippen molar-refractivity contribution in [2.75, 3.05) is 18.4 Å². The number of piperidine rings is 1. The number of carbonyl (C=O) groups is 3. The average molecular weight is 490 g/mol. The summed E-state index contributed by atoms with van der Waals surface area (Å²) in [4.78, 5) is 45.5. The monoisotopic (exact) mass is 489 g/mol. The van der Waals surface area contributed by atoms with E-state index in [0.29, 0.717) is 40.8 Å². The van der Waals surface area contributed by atoms with Crippen LogP contribution in [-0.2, 0) is 16.6 Å². The summed E-state index contributed by atoms with van der Waals surface area (Å²) in [7, 11) is 0. The number of Topliss-reactive ketones (excluding diaryl/α,β-unsaturated/α-hetero) is 1. The van der Waals surface area contributed by atoms with Crippen molar-refractivity contribution >= 4 is 51.5 Å². The van der Waals surface area contributed by atoms with Gasteiger partial charge in [0.05, 0.1) is 22.1 Å². The highest BCUT2D eigenvalue weighted by Gasteiger charge is 2.41. The largest absolute Gasteiger partial charge is 0.342 e. The van der Waals surface area contributed by atoms with Crippen LogP contribution >= 0.6 is 22.7 Å². The van der Waals surface area contributed by atoms with E-state index in [1.807, 2.05) is 10.3 Å². The molecule has 0 unspecified atom stereocenters. The van der Waals surface area contributed by atoms with E-state index in [1.165, 1.54) is 33.8 Å². The number of hydrogen-bond acceptors (Lipinski definition) is 6. The topological polar surface area (TPSA) is 79.4 Å². The van der Waals surface area contributed by atoms with E-state index < -0.39 is 0 Å². The molecular weight excluding hydrogens is 466 g/mol. The number of benzene rings is 1. The smallest absolute Gasteiger partial charge is 0.258 e. The van der Waals surface area contributed by atoms with Crippen LogP contribution < -0.4 is 5.32 Å². The average Bonchev–Trinajstić information content (AvgIpc) is 3.59. The van der Waals surface area contributed by atoms with Crippen LogP contribution in [-0.4, -0.2) is 40.6 Å². The summed E-state index contributed by atoms with van der Waals surface area (Å²) < 4.78 is 0. The molecule has 3 aromatic rings. The van der Waals surface area contributed by atoms with Crippen LogP contribution in [0.15, 0.2) is 47.2 Å². The first-order chi connectivity index (χ1) is 16.5. The van der Waals surface area contributed by atoms with Crippen LogP contribution in [0.25, 0.3) is 6.08 Å². The highest BCUT2D eigenvalue weighted by molar-refractivity contribution is 7.17. The molecule has 2 amide bonds. The molecule has 6 rings (SSSR count). The summed E-state index contributed by atoms with van der Waals surface area (Å²) in [6, 6.07) is 10.2. The number of nitrogens with one attached hydrogen (secondary N) is 1. The Morgan fingerprint density at radius 3 is 2.74 bits per heavy atom. The molecule has 1 aromatic carbocycles. The van der Waals surface area contributed by atoms with Gasteiger partial charge in [-0.05, 0) is 35.4 Å². The number of hydrogen-bond donors (Lipinski definition) is 1. The van der Waals surface area contributed by atoms with Gasteiger partial charge in [-0.2, -0.15) is 11.3 Å². The minimum atomic E-state index is -0.386. The number of ketones is 1. The van der Waals surface area contributed by atoms with Crippen LogP contribution in [0.2, 0.25) is 0 Å². The quantitative estimate of drug-likeness (QED) is 0.574. The fourth-order valence-corrected chi connectivity index (χ4v) is 6.95. The van der Waals surface area contributed by atoms with Crippen LogP contribution in [0, 0.1) is 5.92 Å². The highest BCUT2D eigenvalue weighted by atomic mass is 32.1. The number of amides is 2. The molecule has 0 saturated carbocycles. The van der Waals surface area contributed by atoms with E-state index in [9.17, 15) is 14.4 Å². The van der Waals surface area contributed by atoms with Gasteiger partial charge < -0.3 is 4.90 Å². The molecule has 0 bridgehead atoms. The third kappa shape index (κ3) is 3.61. The van der Waals surface area contributed by atoms with Crippen LogP contribution in [0.4, 0.5) is 5.13 Å². The lowest BCUT2D eigenvalue weighted by Gasteiger charge is -2.40. The normalized spacial score (nSPS) is 20.3. The molecule has 1 spiro atoms. The number of thiophene rings is 1. The summed E-state index contributed by atoms with van der Waals surface area (Å²) in [5.41, 5.74) is 3.85. The van der Waals surface area contributed by atoms with Gasteiger partial charge in [-0.25, -0.2) is 4.98 Å². The maximum atomic E-state index is 13.4. The fraction of sp³-hybridized carbons (Fsp3) is 0.308. The first kappa shape index (κ1) is 21.4. The SMILES string of the molecule is O=C(Nc1nc2c(s1)C(=O)C[C@H](C(=O)N1CCC3(C=Cc4ccccc43)CC1)C2)c1ccsc1. The Morgan fingerprint density at radius 2 is 1.94 bits per heavy atom. The predicted molar refractivity (Wildman–Crippen MR) is 133 cm³/mol. The van der Waals surface area contributed by atoms with E-state index in [-0.39, 0.29) is 35.4 Å². The van der Waals surface area contributed by atoms with Crippen molar-refractivity contribution < 1.29 is 14.4 Å². The lowest BCUT2D eigenvalue weighted by molar-refractivity contribution is -0.137. The fourth-order valence-electron chi connectivity index (χ4n) is 5.38. The first-order valence-electron chi connectivity index (χ1n) is 11.5. The molecule has 1 atom stereocenters. The molecular formula is C26H23N3O3S2. The van der Waals surface area contributed by atoms with Crippen LogP contribution in [0.5, 0.6) is 0 Å². The Labute approximate surface area is 205 Å². The predicted octanol–water partition coefficient (Wildman–Crippen LogP) is 4.79. The van der Waals surface area contributed by atoms with E-state index in [1.54, 1.807) is 11.4 Å². The molecule has 6 nitrogen and oxygen atoms in total. The highest BCUT2D eigenvalue weighted by Crippen LogP contribution is 2.44. The second-order valence-electron chi connectivity index (χ2n) is 9.19. The van der Waals surface area contributed by atoms with Gasteiger partial charge >= 0.3 is 0 Å². The van der Waals surface area contributed by atoms with Crippen LogP contribution in [0.3, 0.4) is 0 Å². The summed E-state index contributed by atoms with van der Waals surface area (Å²) >= 11 is 2.65. The number of fused-ring (bicyclic) bond motifs is 3. The molecule has 1 saturated heterocycles. The van der Waals surface area contributed by atoms with Gasteiger partial charge in [0, 0.05) is 36.7 Å². The molecule has 3 aliphatic rings. The van der Waals surface area contributed by atoms with E-state index >= 15 is 0 Å². The summed E-state index contributed by atoms with van der Waals surface area (Å²) in [6.07, 6.45) is 6.94. The second kappa shape index (κ2) is 8.29. The van der Waals surface area contributed by atoms with Crippen molar-refractivity contribution in [3.63, 3.8) is 0 Å². The van der Waals surface area contributed by atoms with Gasteiger partial charge in [-0.15, -0.1) is 0 Å². The lowest BCUT2D eigenvalue weighted by Crippen LogP contribution is -2.47. The zero-order chi connectivity index (χ0) is 23.3. The summed E-state index contributed by atoms with van der Waals surface area (Å²) in [5, 5.41) is 6.81. The molecule has 2 aromatic heterocycles. The third-order valence-corrected chi connectivity index (χ3v) is 8.96. The zero-order valence-corrected chi connectivity index (χ0v) is 20.1. The van der Waals surface area contributed by atoms with Crippen molar-refractivity contribution in [1.29, 1.82) is 0 Å². The van der Waals surface area contributed by atoms with Crippen molar-refractivity contribution in [3.05, 3.63) is 74.4 Å². The second-order valence-corrected chi connectivity index (χ2v) is 11.0. The molecule has 34 heavy (non-hydrogen) atoms. The number of rotatable bonds is 3. The standard InChI is InChI=1S/C26H23N3O3S2/c30-21-14-18(13-20-22(21)34-25(27-20)28-23(31)17-6-12-33-15-17)24(32)29-10-8-26(9-11-29)7-5-16-3-1-2-4-19(16)26/h1-7,12,15,18H,8-11,13-14H2,(H,27,28,31)/t18-/m1/s1. The minimum Gasteiger partial charge on any atom is -0.342 e. The van der Waals surface area contributed by atoms with Crippen molar-refractivity contribution in [2.45, 2.75) is 31.1 Å². The Kier molecular flexibility index (Phi) is 5.22. The molecule has 1 N–H and O–H groups in total. The maximum absolute atomic E-state index is 13.4. The number of carbonyl (C=O) groups excluding carboxylic acids is 3. The zero-order valence-electron chi connectivity index (χ0n) is 18.5. The molecule has 3 heterocycles. The van der Waals surface area contributed by atoms with Gasteiger partial charge in [-0.1, -0.05) is 47.8 Å². The van der Waals surface area contributed by atoms with Gasteiger partial charge in [0.25, 0.3) is 5.91 Å². The number of nitrogens with zero attached hydrogens (tertiary/aromatic N) is 2. The number of aromatic nitrogens is 1. The Hall–Kier alpha value is -3.10. The minimum absolute atomic E-state index is 0.0212. The summed E-state index contributed by atoms with van der Waals surface area (Å²) in [6.45, 7) is 1.38. The van der Waals surface area contributed by atoms with Gasteiger partial charge in [0.2, 0.25) is 5.91 Å². The third-order valence-electron chi connectivity index (χ3n) is 7.22. The summed E-state index contributed by atoms with van der Waals surface area (Å²) in [5.74, 6) is -0.643. The first-order valence-corrected chi connectivity index (χ1v) is 13.2. The van der Waals surface area contributed by atoms with Gasteiger partial charge in [-0.3, -0.25) is 19.7 Å². The van der Waals surface area contributed by atoms with Crippen molar-refractivity contribution in [2.24, 2.45) is 5.92 Å². The number of thiazole rings is 1. The molecule has 1 fully saturated rings. The number of allylic oxidation sites excluding steroid dienone is 1. The Bertz CT molecular complexity index is 1320. The lowest BCUT2D eigenvalue weighted by atomic mass is 9.74. The van der Waals surface area contributed by atoms with E-state index in [4.69, 9.17) is 0 Å².